The van der Waals surface area contributed by atoms with Crippen LogP contribution in [0.25, 0.3) is 54.7 Å². The van der Waals surface area contributed by atoms with E-state index in [4.69, 9.17) is 7.73 Å². The molecule has 2 heteroatoms. The van der Waals surface area contributed by atoms with Gasteiger partial charge in [-0.3, -0.25) is 0 Å². The Morgan fingerprint density at radius 3 is 1.79 bits per heavy atom. The van der Waals surface area contributed by atoms with Gasteiger partial charge in [-0.2, -0.15) is 0 Å². The van der Waals surface area contributed by atoms with Crippen molar-refractivity contribution in [3.05, 3.63) is 109 Å². The average molecular weight is 556 g/mol. The van der Waals surface area contributed by atoms with Gasteiger partial charge in [0, 0.05) is 0 Å². The third-order valence-corrected chi connectivity index (χ3v) is 11.6. The normalized spacial score (nSPS) is 13.3. The van der Waals surface area contributed by atoms with Crippen LogP contribution in [-0.2, 0) is 6.37 Å². The Labute approximate surface area is 231 Å². The van der Waals surface area contributed by atoms with Crippen LogP contribution in [0.2, 0.25) is 17.3 Å². The SMILES string of the molecule is [2H]C([2H])(c1cc(-c2ccc3c4ccccc4c4ccc(-c5ccccc5)cc4c3c2)nc[c]1[Ge]([CH3])([CH3])[CH3])C(C)C. The van der Waals surface area contributed by atoms with Gasteiger partial charge < -0.3 is 0 Å². The third-order valence-electron chi connectivity index (χ3n) is 7.40. The first kappa shape index (κ1) is 22.5. The van der Waals surface area contributed by atoms with Gasteiger partial charge in [0.1, 0.15) is 0 Å². The van der Waals surface area contributed by atoms with Crippen LogP contribution in [-0.4, -0.2) is 18.3 Å². The minimum atomic E-state index is -2.37. The molecule has 0 spiro atoms. The van der Waals surface area contributed by atoms with E-state index in [-0.39, 0.29) is 5.92 Å². The van der Waals surface area contributed by atoms with Crippen LogP contribution in [0.4, 0.5) is 0 Å². The van der Waals surface area contributed by atoms with Crippen LogP contribution in [0.5, 0.6) is 0 Å². The number of hydrogen-bond acceptors (Lipinski definition) is 1. The van der Waals surface area contributed by atoms with Crippen LogP contribution in [0.3, 0.4) is 0 Å². The number of pyridine rings is 1. The Morgan fingerprint density at radius 2 is 1.18 bits per heavy atom. The molecule has 0 N–H and O–H groups in total. The van der Waals surface area contributed by atoms with Gasteiger partial charge in [0.15, 0.2) is 0 Å². The number of fused-ring (bicyclic) bond motifs is 6. The van der Waals surface area contributed by atoms with Crippen LogP contribution in [0.15, 0.2) is 103 Å². The fourth-order valence-electron chi connectivity index (χ4n) is 5.57. The molecule has 1 heterocycles. The first-order valence-electron chi connectivity index (χ1n) is 14.5. The molecule has 0 aliphatic rings. The van der Waals surface area contributed by atoms with E-state index in [0.29, 0.717) is 0 Å². The zero-order valence-corrected chi connectivity index (χ0v) is 24.9. The summed E-state index contributed by atoms with van der Waals surface area (Å²) in [5, 5.41) is 7.36. The predicted molar refractivity (Wildman–Crippen MR) is 169 cm³/mol. The van der Waals surface area contributed by atoms with E-state index in [1.165, 1.54) is 43.4 Å². The molecule has 0 aliphatic carbocycles. The first-order chi connectivity index (χ1) is 19.1. The first-order valence-corrected chi connectivity index (χ1v) is 20.8. The van der Waals surface area contributed by atoms with E-state index in [1.54, 1.807) is 0 Å². The van der Waals surface area contributed by atoms with Gasteiger partial charge in [0.2, 0.25) is 0 Å². The van der Waals surface area contributed by atoms with Gasteiger partial charge in [-0.1, -0.05) is 18.2 Å². The standard InChI is InChI=1S/C36H35GeN/c1-24(2)19-28-22-36(38-23-35(28)37(3,4)5)27-16-18-32-30-14-10-9-13-29(30)31-17-15-26(20-33(31)34(32)21-27)25-11-7-6-8-12-25/h6-18,20-24H,19H2,1-5H3/i19D2. The van der Waals surface area contributed by atoms with Gasteiger partial charge in [0.25, 0.3) is 0 Å². The summed E-state index contributed by atoms with van der Waals surface area (Å²) in [5.41, 5.74) is 5.06. The molecule has 1 nitrogen and oxygen atoms in total. The van der Waals surface area contributed by atoms with Crippen LogP contribution in [0.1, 0.15) is 22.2 Å². The van der Waals surface area contributed by atoms with E-state index in [0.717, 1.165) is 21.2 Å². The minimum absolute atomic E-state index is 0.130. The summed E-state index contributed by atoms with van der Waals surface area (Å²) < 4.78 is 19.2. The second-order valence-electron chi connectivity index (χ2n) is 11.6. The molecule has 0 saturated heterocycles. The van der Waals surface area contributed by atoms with Gasteiger partial charge in [-0.25, -0.2) is 0 Å². The van der Waals surface area contributed by atoms with Gasteiger partial charge in [0.05, 0.1) is 0 Å². The molecule has 0 saturated carbocycles. The Bertz CT molecular complexity index is 1890. The second kappa shape index (κ2) is 9.71. The molecule has 5 aromatic carbocycles. The fraction of sp³-hybridized carbons (Fsp3) is 0.194. The fourth-order valence-corrected chi connectivity index (χ4v) is 8.51. The monoisotopic (exact) mass is 557 g/mol. The number of rotatable bonds is 5. The molecular formula is C36H35GeN. The number of aromatic nitrogens is 1. The average Bonchev–Trinajstić information content (AvgIpc) is 2.96. The van der Waals surface area contributed by atoms with Crippen molar-refractivity contribution in [1.82, 2.24) is 4.98 Å². The van der Waals surface area contributed by atoms with Gasteiger partial charge >= 0.3 is 214 Å². The maximum atomic E-state index is 9.01. The van der Waals surface area contributed by atoms with E-state index in [9.17, 15) is 0 Å². The summed E-state index contributed by atoms with van der Waals surface area (Å²) in [5.74, 6) is 6.81. The number of nitrogens with zero attached hydrogens (tertiary/aromatic N) is 1. The van der Waals surface area contributed by atoms with E-state index in [2.05, 4.69) is 108 Å². The molecule has 0 fully saturated rings. The van der Waals surface area contributed by atoms with E-state index in [1.807, 2.05) is 26.1 Å². The molecule has 0 radical (unpaired) electrons. The molecule has 6 aromatic rings. The molecule has 6 rings (SSSR count). The molecule has 0 atom stereocenters. The predicted octanol–water partition coefficient (Wildman–Crippen LogP) is 9.62. The van der Waals surface area contributed by atoms with Crippen molar-refractivity contribution in [1.29, 1.82) is 0 Å². The van der Waals surface area contributed by atoms with Gasteiger partial charge in [-0.15, -0.1) is 0 Å². The molecule has 0 amide bonds. The summed E-state index contributed by atoms with van der Waals surface area (Å²) in [6, 6.07) is 34.6. The molecular weight excluding hydrogens is 519 g/mol. The Hall–Kier alpha value is -3.43. The van der Waals surface area contributed by atoms with Crippen molar-refractivity contribution < 1.29 is 2.74 Å². The third kappa shape index (κ3) is 4.54. The summed E-state index contributed by atoms with van der Waals surface area (Å²) >= 11 is -2.37. The van der Waals surface area contributed by atoms with Crippen molar-refractivity contribution in [2.75, 3.05) is 0 Å². The molecule has 1 aromatic heterocycles. The van der Waals surface area contributed by atoms with E-state index >= 15 is 0 Å². The van der Waals surface area contributed by atoms with Crippen LogP contribution >= 0.6 is 0 Å². The molecule has 188 valence electrons. The van der Waals surface area contributed by atoms with E-state index < -0.39 is 19.6 Å². The Balaban J connectivity index is 1.63. The summed E-state index contributed by atoms with van der Waals surface area (Å²) in [6.45, 7) is 3.94. The van der Waals surface area contributed by atoms with Crippen LogP contribution in [0, 0.1) is 5.92 Å². The molecule has 0 unspecified atom stereocenters. The molecule has 0 bridgehead atoms. The van der Waals surface area contributed by atoms with Crippen molar-refractivity contribution in [2.45, 2.75) is 37.5 Å². The number of benzene rings is 5. The summed E-state index contributed by atoms with van der Waals surface area (Å²) in [6.07, 6.45) is 0.553. The van der Waals surface area contributed by atoms with Crippen LogP contribution < -0.4 is 4.40 Å². The van der Waals surface area contributed by atoms with Crippen molar-refractivity contribution in [3.8, 4) is 22.4 Å². The van der Waals surface area contributed by atoms with Crippen molar-refractivity contribution >= 4 is 50.0 Å². The number of hydrogen-bond donors (Lipinski definition) is 0. The Morgan fingerprint density at radius 1 is 0.632 bits per heavy atom. The molecule has 0 aliphatic heterocycles. The molecule has 38 heavy (non-hydrogen) atoms. The summed E-state index contributed by atoms with van der Waals surface area (Å²) in [4.78, 5) is 4.94. The Kier molecular flexibility index (Phi) is 5.76. The topological polar surface area (TPSA) is 12.9 Å². The zero-order valence-electron chi connectivity index (χ0n) is 24.8. The van der Waals surface area contributed by atoms with Crippen molar-refractivity contribution in [2.24, 2.45) is 5.92 Å². The zero-order chi connectivity index (χ0) is 28.2. The van der Waals surface area contributed by atoms with Gasteiger partial charge in [-0.05, 0) is 0 Å². The summed E-state index contributed by atoms with van der Waals surface area (Å²) in [7, 11) is 0. The maximum absolute atomic E-state index is 9.01. The second-order valence-corrected chi connectivity index (χ2v) is 22.2. The quantitative estimate of drug-likeness (QED) is 0.152. The van der Waals surface area contributed by atoms with Crippen molar-refractivity contribution in [3.63, 3.8) is 0 Å².